The minimum atomic E-state index is -3.25. The standard InChI is InChI=1S/C18H39NO3S.C2H5O3P/c1-3-5-7-9-10-11-12-14-16-23(21,22)19-18(17-20)15-13-8-6-4-2;1-2-5-6(3)4/h18-20H,3-17H2,1-2H3;2H2,1H3. The molecular weight excluding hydrogens is 413 g/mol. The number of rotatable bonds is 19. The Morgan fingerprint density at radius 1 is 0.897 bits per heavy atom. The van der Waals surface area contributed by atoms with Gasteiger partial charge in [-0.25, -0.2) is 13.1 Å². The topological polar surface area (TPSA) is 116 Å². The first-order valence-corrected chi connectivity index (χ1v) is 14.0. The molecule has 0 amide bonds. The van der Waals surface area contributed by atoms with Crippen LogP contribution in [0, 0.1) is 0 Å². The lowest BCUT2D eigenvalue weighted by Gasteiger charge is -2.16. The zero-order valence-electron chi connectivity index (χ0n) is 18.7. The van der Waals surface area contributed by atoms with Gasteiger partial charge in [-0.05, 0) is 24.3 Å². The zero-order valence-corrected chi connectivity index (χ0v) is 20.4. The lowest BCUT2D eigenvalue weighted by Crippen LogP contribution is -2.38. The van der Waals surface area contributed by atoms with E-state index in [4.69, 9.17) is 0 Å². The summed E-state index contributed by atoms with van der Waals surface area (Å²) in [6, 6.07) is -0.314. The van der Waals surface area contributed by atoms with Crippen LogP contribution in [0.4, 0.5) is 0 Å². The molecule has 0 aromatic heterocycles. The van der Waals surface area contributed by atoms with E-state index in [0.717, 1.165) is 44.9 Å². The van der Waals surface area contributed by atoms with Gasteiger partial charge < -0.3 is 10.00 Å². The molecule has 29 heavy (non-hydrogen) atoms. The van der Waals surface area contributed by atoms with E-state index in [9.17, 15) is 23.0 Å². The van der Waals surface area contributed by atoms with Crippen LogP contribution in [-0.4, -0.2) is 38.5 Å². The molecule has 176 valence electrons. The van der Waals surface area contributed by atoms with Crippen molar-refractivity contribution in [2.75, 3.05) is 19.0 Å². The third-order valence-corrected chi connectivity index (χ3v) is 6.46. The fraction of sp³-hybridized carbons (Fsp3) is 1.00. The van der Waals surface area contributed by atoms with E-state index in [1.807, 2.05) is 0 Å². The maximum absolute atomic E-state index is 12.0. The van der Waals surface area contributed by atoms with Gasteiger partial charge in [-0.3, -0.25) is 0 Å². The molecule has 0 rings (SSSR count). The summed E-state index contributed by atoms with van der Waals surface area (Å²) in [5.74, 6) is 0.188. The van der Waals surface area contributed by atoms with Crippen molar-refractivity contribution in [3.63, 3.8) is 0 Å². The van der Waals surface area contributed by atoms with Crippen molar-refractivity contribution in [1.82, 2.24) is 4.72 Å². The molecule has 2 N–H and O–H groups in total. The molecule has 0 saturated carbocycles. The van der Waals surface area contributed by atoms with E-state index in [1.165, 1.54) is 38.5 Å². The van der Waals surface area contributed by atoms with Gasteiger partial charge in [0.05, 0.1) is 19.0 Å². The molecule has 0 radical (unpaired) electrons. The normalized spacial score (nSPS) is 12.9. The van der Waals surface area contributed by atoms with Crippen molar-refractivity contribution in [2.45, 2.75) is 110 Å². The van der Waals surface area contributed by atoms with Crippen LogP contribution < -0.4 is 9.62 Å². The van der Waals surface area contributed by atoms with Crippen LogP contribution in [0.1, 0.15) is 104 Å². The van der Waals surface area contributed by atoms with Crippen molar-refractivity contribution in [2.24, 2.45) is 0 Å². The first-order chi connectivity index (χ1) is 13.8. The fourth-order valence-electron chi connectivity index (χ4n) is 2.85. The van der Waals surface area contributed by atoms with Crippen LogP contribution in [0.15, 0.2) is 0 Å². The zero-order chi connectivity index (χ0) is 22.4. The van der Waals surface area contributed by atoms with Crippen molar-refractivity contribution >= 4 is 18.3 Å². The molecule has 0 heterocycles. The molecular formula is C20H44NO6PS. The Morgan fingerprint density at radius 2 is 1.38 bits per heavy atom. The van der Waals surface area contributed by atoms with E-state index < -0.39 is 18.3 Å². The van der Waals surface area contributed by atoms with Gasteiger partial charge in [0.25, 0.3) is 0 Å². The Kier molecular flexibility index (Phi) is 24.2. The van der Waals surface area contributed by atoms with Gasteiger partial charge in [0.15, 0.2) is 0 Å². The molecule has 9 heteroatoms. The third kappa shape index (κ3) is 25.9. The summed E-state index contributed by atoms with van der Waals surface area (Å²) in [7, 11) is -5.85. The largest absolute Gasteiger partial charge is 0.566 e. The van der Waals surface area contributed by atoms with Crippen LogP contribution >= 0.6 is 8.25 Å². The van der Waals surface area contributed by atoms with Crippen molar-refractivity contribution in [3.05, 3.63) is 0 Å². The van der Waals surface area contributed by atoms with Crippen LogP contribution in [0.3, 0.4) is 0 Å². The highest BCUT2D eigenvalue weighted by molar-refractivity contribution is 7.89. The summed E-state index contributed by atoms with van der Waals surface area (Å²) in [5.41, 5.74) is 0. The quantitative estimate of drug-likeness (QED) is 0.219. The highest BCUT2D eigenvalue weighted by atomic mass is 32.2. The summed E-state index contributed by atoms with van der Waals surface area (Å²) < 4.78 is 40.2. The Morgan fingerprint density at radius 3 is 1.79 bits per heavy atom. The molecule has 0 aliphatic carbocycles. The predicted molar refractivity (Wildman–Crippen MR) is 118 cm³/mol. The average Bonchev–Trinajstić information content (AvgIpc) is 2.66. The Labute approximate surface area is 180 Å². The number of unbranched alkanes of at least 4 members (excludes halogenated alkanes) is 10. The summed E-state index contributed by atoms with van der Waals surface area (Å²) in [6.45, 7) is 6.10. The lowest BCUT2D eigenvalue weighted by atomic mass is 10.1. The second-order valence-corrected chi connectivity index (χ2v) is 9.86. The third-order valence-electron chi connectivity index (χ3n) is 4.47. The van der Waals surface area contributed by atoms with Crippen molar-refractivity contribution in [3.8, 4) is 0 Å². The molecule has 2 unspecified atom stereocenters. The maximum atomic E-state index is 12.0. The number of aliphatic hydroxyl groups excluding tert-OH is 1. The Bertz CT molecular complexity index is 462. The summed E-state index contributed by atoms with van der Waals surface area (Å²) in [6.07, 6.45) is 14.3. The summed E-state index contributed by atoms with van der Waals surface area (Å²) in [5, 5.41) is 9.33. The van der Waals surface area contributed by atoms with Crippen LogP contribution in [0.5, 0.6) is 0 Å². The monoisotopic (exact) mass is 457 g/mol. The second kappa shape index (κ2) is 22.6. The number of hydrogen-bond acceptors (Lipinski definition) is 6. The van der Waals surface area contributed by atoms with Gasteiger partial charge in [0.1, 0.15) is 0 Å². The second-order valence-electron chi connectivity index (χ2n) is 7.28. The maximum Gasteiger partial charge on any atom is 0.488 e. The Balaban J connectivity index is 0. The van der Waals surface area contributed by atoms with E-state index in [0.29, 0.717) is 0 Å². The fourth-order valence-corrected chi connectivity index (χ4v) is 4.46. The number of sulfonamides is 1. The van der Waals surface area contributed by atoms with Crippen molar-refractivity contribution in [1.29, 1.82) is 0 Å². The average molecular weight is 458 g/mol. The van der Waals surface area contributed by atoms with Gasteiger partial charge >= 0.3 is 8.25 Å². The van der Waals surface area contributed by atoms with Gasteiger partial charge in [0, 0.05) is 6.04 Å². The molecule has 0 saturated heterocycles. The van der Waals surface area contributed by atoms with Crippen LogP contribution in [0.2, 0.25) is 0 Å². The highest BCUT2D eigenvalue weighted by Crippen LogP contribution is 2.10. The van der Waals surface area contributed by atoms with E-state index >= 15 is 0 Å². The van der Waals surface area contributed by atoms with Crippen LogP contribution in [-0.2, 0) is 19.1 Å². The molecule has 0 aromatic rings. The highest BCUT2D eigenvalue weighted by Gasteiger charge is 2.16. The summed E-state index contributed by atoms with van der Waals surface area (Å²) >= 11 is 0. The molecule has 0 aromatic carbocycles. The number of nitrogens with one attached hydrogen (secondary N) is 1. The number of aliphatic hydroxyl groups is 1. The minimum Gasteiger partial charge on any atom is -0.566 e. The van der Waals surface area contributed by atoms with Crippen LogP contribution in [0.25, 0.3) is 0 Å². The van der Waals surface area contributed by atoms with Crippen molar-refractivity contribution < 1.29 is 27.5 Å². The molecule has 0 spiro atoms. The van der Waals surface area contributed by atoms with Gasteiger partial charge in [0.2, 0.25) is 10.0 Å². The lowest BCUT2D eigenvalue weighted by molar-refractivity contribution is -0.185. The molecule has 0 fully saturated rings. The van der Waals surface area contributed by atoms with Gasteiger partial charge in [-0.15, -0.1) is 4.52 Å². The smallest absolute Gasteiger partial charge is 0.488 e. The Hall–Kier alpha value is -0.110. The molecule has 0 aliphatic heterocycles. The van der Waals surface area contributed by atoms with Gasteiger partial charge in [-0.1, -0.05) is 84.5 Å². The minimum absolute atomic E-state index is 0.108. The molecule has 0 bridgehead atoms. The molecule has 0 aliphatic rings. The SMILES string of the molecule is CCCCCCCCCCS(=O)(=O)NC(CO)CCCCCC.CCO[P+](=O)[O-]. The van der Waals surface area contributed by atoms with E-state index in [1.54, 1.807) is 6.92 Å². The summed E-state index contributed by atoms with van der Waals surface area (Å²) in [4.78, 5) is 9.41. The van der Waals surface area contributed by atoms with Gasteiger partial charge in [-0.2, -0.15) is 0 Å². The van der Waals surface area contributed by atoms with E-state index in [-0.39, 0.29) is 25.0 Å². The molecule has 2 atom stereocenters. The first kappa shape index (κ1) is 31.1. The number of hydrogen-bond donors (Lipinski definition) is 2. The predicted octanol–water partition coefficient (Wildman–Crippen LogP) is 4.42. The van der Waals surface area contributed by atoms with E-state index in [2.05, 4.69) is 23.1 Å². The molecule has 7 nitrogen and oxygen atoms in total. The first-order valence-electron chi connectivity index (χ1n) is 11.2.